The van der Waals surface area contributed by atoms with Crippen LogP contribution in [0.25, 0.3) is 0 Å². The van der Waals surface area contributed by atoms with Crippen LogP contribution in [0.2, 0.25) is 0 Å². The summed E-state index contributed by atoms with van der Waals surface area (Å²) < 4.78 is 0. The Labute approximate surface area is 116 Å². The van der Waals surface area contributed by atoms with E-state index < -0.39 is 0 Å². The molecule has 0 heterocycles. The quantitative estimate of drug-likeness (QED) is 0.679. The molecule has 0 saturated heterocycles. The maximum atomic E-state index is 2.53. The molecular formula is C16H36N2. The molecule has 0 rings (SSSR count). The molecule has 0 saturated carbocycles. The second-order valence-corrected chi connectivity index (χ2v) is 7.37. The summed E-state index contributed by atoms with van der Waals surface area (Å²) in [6, 6.07) is 1.23. The molecule has 110 valence electrons. The van der Waals surface area contributed by atoms with Gasteiger partial charge in [0.1, 0.15) is 0 Å². The fraction of sp³-hybridized carbons (Fsp3) is 1.00. The second-order valence-electron chi connectivity index (χ2n) is 7.37. The van der Waals surface area contributed by atoms with Gasteiger partial charge in [-0.05, 0) is 75.4 Å². The molecule has 0 aromatic rings. The van der Waals surface area contributed by atoms with Crippen LogP contribution in [-0.2, 0) is 0 Å². The molecule has 18 heavy (non-hydrogen) atoms. The zero-order valence-corrected chi connectivity index (χ0v) is 14.5. The van der Waals surface area contributed by atoms with E-state index in [0.29, 0.717) is 12.1 Å². The smallest absolute Gasteiger partial charge is 0.0170 e. The first-order valence-electron chi connectivity index (χ1n) is 7.41. The van der Waals surface area contributed by atoms with Crippen LogP contribution in [0.3, 0.4) is 0 Å². The van der Waals surface area contributed by atoms with Crippen LogP contribution in [0.4, 0.5) is 0 Å². The van der Waals surface area contributed by atoms with Crippen LogP contribution in [-0.4, -0.2) is 47.1 Å². The molecular weight excluding hydrogens is 220 g/mol. The lowest BCUT2D eigenvalue weighted by atomic mass is 9.83. The van der Waals surface area contributed by atoms with Gasteiger partial charge in [-0.25, -0.2) is 0 Å². The third-order valence-electron chi connectivity index (χ3n) is 4.80. The minimum Gasteiger partial charge on any atom is -0.299 e. The van der Waals surface area contributed by atoms with E-state index in [-0.39, 0.29) is 11.1 Å². The standard InChI is InChI=1S/C16H36N2/c1-11-14(4)18(10)16(7,8)12-15(5,6)17(9)13(2)3/h13-14H,11-12H2,1-10H3. The first-order valence-corrected chi connectivity index (χ1v) is 7.41. The van der Waals surface area contributed by atoms with E-state index in [0.717, 1.165) is 0 Å². The summed E-state index contributed by atoms with van der Waals surface area (Å²) in [5.41, 5.74) is 0.446. The largest absolute Gasteiger partial charge is 0.299 e. The van der Waals surface area contributed by atoms with Crippen molar-refractivity contribution in [3.05, 3.63) is 0 Å². The van der Waals surface area contributed by atoms with Crippen molar-refractivity contribution >= 4 is 0 Å². The molecule has 0 bridgehead atoms. The summed E-state index contributed by atoms with van der Waals surface area (Å²) in [6.07, 6.45) is 2.38. The van der Waals surface area contributed by atoms with Gasteiger partial charge >= 0.3 is 0 Å². The Morgan fingerprint density at radius 3 is 1.56 bits per heavy atom. The maximum Gasteiger partial charge on any atom is 0.0170 e. The zero-order chi connectivity index (χ0) is 14.7. The lowest BCUT2D eigenvalue weighted by Crippen LogP contribution is -2.55. The highest BCUT2D eigenvalue weighted by Gasteiger charge is 2.36. The molecule has 0 aliphatic heterocycles. The third-order valence-corrected chi connectivity index (χ3v) is 4.80. The number of hydrogen-bond acceptors (Lipinski definition) is 2. The Morgan fingerprint density at radius 2 is 1.22 bits per heavy atom. The lowest BCUT2D eigenvalue weighted by Gasteiger charge is -2.48. The molecule has 0 aliphatic rings. The third kappa shape index (κ3) is 4.55. The summed E-state index contributed by atoms with van der Waals surface area (Å²) in [5, 5.41) is 0. The molecule has 1 atom stereocenters. The van der Waals surface area contributed by atoms with E-state index >= 15 is 0 Å². The fourth-order valence-corrected chi connectivity index (χ4v) is 2.88. The average Bonchev–Trinajstić information content (AvgIpc) is 2.24. The monoisotopic (exact) mass is 256 g/mol. The molecule has 0 spiro atoms. The van der Waals surface area contributed by atoms with Crippen LogP contribution in [0.5, 0.6) is 0 Å². The molecule has 0 N–H and O–H groups in total. The summed E-state index contributed by atoms with van der Waals surface area (Å²) in [6.45, 7) is 18.6. The molecule has 2 heteroatoms. The first kappa shape index (κ1) is 17.9. The van der Waals surface area contributed by atoms with E-state index in [4.69, 9.17) is 0 Å². The van der Waals surface area contributed by atoms with Gasteiger partial charge in [0.05, 0.1) is 0 Å². The lowest BCUT2D eigenvalue weighted by molar-refractivity contribution is 0.0243. The van der Waals surface area contributed by atoms with Crippen LogP contribution in [0, 0.1) is 0 Å². The minimum absolute atomic E-state index is 0.222. The highest BCUT2D eigenvalue weighted by Crippen LogP contribution is 2.31. The highest BCUT2D eigenvalue weighted by atomic mass is 15.2. The van der Waals surface area contributed by atoms with Crippen molar-refractivity contribution in [1.29, 1.82) is 0 Å². The predicted octanol–water partition coefficient (Wildman–Crippen LogP) is 4.00. The summed E-state index contributed by atoms with van der Waals surface area (Å²) in [4.78, 5) is 5.02. The van der Waals surface area contributed by atoms with Crippen LogP contribution < -0.4 is 0 Å². The topological polar surface area (TPSA) is 6.48 Å². The minimum atomic E-state index is 0.222. The van der Waals surface area contributed by atoms with Gasteiger partial charge in [0.15, 0.2) is 0 Å². The van der Waals surface area contributed by atoms with Crippen molar-refractivity contribution in [2.75, 3.05) is 14.1 Å². The van der Waals surface area contributed by atoms with Gasteiger partial charge < -0.3 is 0 Å². The van der Waals surface area contributed by atoms with Crippen molar-refractivity contribution in [2.45, 2.75) is 91.4 Å². The van der Waals surface area contributed by atoms with Gasteiger partial charge in [0.2, 0.25) is 0 Å². The van der Waals surface area contributed by atoms with Crippen molar-refractivity contribution < 1.29 is 0 Å². The Balaban J connectivity index is 4.85. The molecule has 0 aliphatic carbocycles. The van der Waals surface area contributed by atoms with Crippen molar-refractivity contribution in [3.8, 4) is 0 Å². The van der Waals surface area contributed by atoms with Gasteiger partial charge in [-0.3, -0.25) is 9.80 Å². The van der Waals surface area contributed by atoms with Crippen molar-refractivity contribution in [2.24, 2.45) is 0 Å². The van der Waals surface area contributed by atoms with Gasteiger partial charge in [-0.1, -0.05) is 6.92 Å². The SMILES string of the molecule is CCC(C)N(C)C(C)(C)CC(C)(C)N(C)C(C)C. The average molecular weight is 256 g/mol. The van der Waals surface area contributed by atoms with E-state index in [1.54, 1.807) is 0 Å². The Kier molecular flexibility index (Phi) is 6.35. The normalized spacial score (nSPS) is 15.8. The maximum absolute atomic E-state index is 2.53. The molecule has 0 radical (unpaired) electrons. The number of hydrogen-bond donors (Lipinski definition) is 0. The van der Waals surface area contributed by atoms with Gasteiger partial charge in [-0.15, -0.1) is 0 Å². The molecule has 0 amide bonds. The van der Waals surface area contributed by atoms with E-state index in [1.165, 1.54) is 12.8 Å². The Hall–Kier alpha value is -0.0800. The van der Waals surface area contributed by atoms with Crippen LogP contribution in [0.1, 0.15) is 68.2 Å². The Bertz CT molecular complexity index is 243. The van der Waals surface area contributed by atoms with Crippen molar-refractivity contribution in [3.63, 3.8) is 0 Å². The zero-order valence-electron chi connectivity index (χ0n) is 14.5. The molecule has 2 nitrogen and oxygen atoms in total. The predicted molar refractivity (Wildman–Crippen MR) is 83.2 cm³/mol. The summed E-state index contributed by atoms with van der Waals surface area (Å²) in [5.74, 6) is 0. The van der Waals surface area contributed by atoms with E-state index in [2.05, 4.69) is 79.3 Å². The van der Waals surface area contributed by atoms with E-state index in [9.17, 15) is 0 Å². The van der Waals surface area contributed by atoms with Crippen LogP contribution >= 0.6 is 0 Å². The molecule has 0 fully saturated rings. The van der Waals surface area contributed by atoms with Crippen molar-refractivity contribution in [1.82, 2.24) is 9.80 Å². The highest BCUT2D eigenvalue weighted by molar-refractivity contribution is 4.93. The van der Waals surface area contributed by atoms with Gasteiger partial charge in [-0.2, -0.15) is 0 Å². The first-order chi connectivity index (χ1) is 7.95. The summed E-state index contributed by atoms with van der Waals surface area (Å²) >= 11 is 0. The molecule has 0 aromatic heterocycles. The van der Waals surface area contributed by atoms with E-state index in [1.807, 2.05) is 0 Å². The number of rotatable bonds is 7. The van der Waals surface area contributed by atoms with Gasteiger partial charge in [0.25, 0.3) is 0 Å². The Morgan fingerprint density at radius 1 is 0.833 bits per heavy atom. The van der Waals surface area contributed by atoms with Gasteiger partial charge in [0, 0.05) is 23.2 Å². The fourth-order valence-electron chi connectivity index (χ4n) is 2.88. The molecule has 0 aromatic carbocycles. The molecule has 1 unspecified atom stereocenters. The van der Waals surface area contributed by atoms with Crippen LogP contribution in [0.15, 0.2) is 0 Å². The summed E-state index contributed by atoms with van der Waals surface area (Å²) in [7, 11) is 4.50. The number of nitrogens with zero attached hydrogens (tertiary/aromatic N) is 2. The second kappa shape index (κ2) is 6.38.